The van der Waals surface area contributed by atoms with Crippen molar-refractivity contribution < 1.29 is 22.7 Å². The molecular formula is C13H17ClFNO4S. The molecule has 1 aromatic rings. The summed E-state index contributed by atoms with van der Waals surface area (Å²) in [5.41, 5.74) is 0. The molecule has 0 atom stereocenters. The number of carboxylic acids is 1. The van der Waals surface area contributed by atoms with Gasteiger partial charge < -0.3 is 5.11 Å². The number of benzene rings is 1. The molecule has 0 aliphatic rings. The smallest absolute Gasteiger partial charge is 0.303 e. The van der Waals surface area contributed by atoms with E-state index in [1.54, 1.807) is 13.8 Å². The van der Waals surface area contributed by atoms with Gasteiger partial charge in [-0.25, -0.2) is 12.8 Å². The first-order valence-corrected chi connectivity index (χ1v) is 8.17. The summed E-state index contributed by atoms with van der Waals surface area (Å²) in [7, 11) is -4.07. The molecule has 5 nitrogen and oxygen atoms in total. The topological polar surface area (TPSA) is 74.7 Å². The van der Waals surface area contributed by atoms with Crippen LogP contribution in [0.2, 0.25) is 5.02 Å². The Morgan fingerprint density at radius 1 is 1.43 bits per heavy atom. The van der Waals surface area contributed by atoms with Crippen LogP contribution >= 0.6 is 11.6 Å². The van der Waals surface area contributed by atoms with E-state index in [1.165, 1.54) is 12.1 Å². The van der Waals surface area contributed by atoms with Crippen LogP contribution in [-0.2, 0) is 14.8 Å². The van der Waals surface area contributed by atoms with E-state index in [9.17, 15) is 17.6 Å². The largest absolute Gasteiger partial charge is 0.481 e. The van der Waals surface area contributed by atoms with Crippen LogP contribution in [0, 0.1) is 5.82 Å². The van der Waals surface area contributed by atoms with E-state index in [2.05, 4.69) is 0 Å². The van der Waals surface area contributed by atoms with Crippen LogP contribution in [0.1, 0.15) is 26.7 Å². The summed E-state index contributed by atoms with van der Waals surface area (Å²) in [6, 6.07) is 3.33. The predicted octanol–water partition coefficient (Wildman–Crippen LogP) is 2.74. The van der Waals surface area contributed by atoms with Crippen molar-refractivity contribution in [1.29, 1.82) is 0 Å². The van der Waals surface area contributed by atoms with Crippen LogP contribution in [0.3, 0.4) is 0 Å². The fourth-order valence-corrected chi connectivity index (χ4v) is 3.85. The van der Waals surface area contributed by atoms with Crippen molar-refractivity contribution in [3.05, 3.63) is 29.0 Å². The molecule has 0 amide bonds. The van der Waals surface area contributed by atoms with Crippen molar-refractivity contribution in [2.45, 2.75) is 37.6 Å². The molecule has 1 aromatic carbocycles. The molecule has 0 heterocycles. The van der Waals surface area contributed by atoms with Gasteiger partial charge in [-0.3, -0.25) is 4.79 Å². The summed E-state index contributed by atoms with van der Waals surface area (Å²) in [6.45, 7) is 3.28. The minimum absolute atomic E-state index is 0.00173. The van der Waals surface area contributed by atoms with E-state index in [-0.39, 0.29) is 24.4 Å². The SMILES string of the molecule is CC(C)N(CCCC(=O)O)S(=O)(=O)c1cccc(Cl)c1F. The zero-order valence-electron chi connectivity index (χ0n) is 11.7. The maximum absolute atomic E-state index is 13.9. The van der Waals surface area contributed by atoms with Gasteiger partial charge in [0.15, 0.2) is 5.82 Å². The number of hydrogen-bond donors (Lipinski definition) is 1. The van der Waals surface area contributed by atoms with Gasteiger partial charge >= 0.3 is 5.97 Å². The van der Waals surface area contributed by atoms with E-state index in [0.717, 1.165) is 10.4 Å². The fourth-order valence-electron chi connectivity index (χ4n) is 1.85. The second kappa shape index (κ2) is 7.20. The van der Waals surface area contributed by atoms with E-state index >= 15 is 0 Å². The predicted molar refractivity (Wildman–Crippen MR) is 77.3 cm³/mol. The first-order chi connectivity index (χ1) is 9.67. The lowest BCUT2D eigenvalue weighted by Crippen LogP contribution is -2.38. The lowest BCUT2D eigenvalue weighted by atomic mass is 10.3. The highest BCUT2D eigenvalue weighted by Crippen LogP contribution is 2.26. The molecule has 0 saturated heterocycles. The fraction of sp³-hybridized carbons (Fsp3) is 0.462. The maximum atomic E-state index is 13.9. The molecule has 1 rings (SSSR count). The quantitative estimate of drug-likeness (QED) is 0.830. The molecule has 0 radical (unpaired) electrons. The molecule has 0 bridgehead atoms. The second-order valence-corrected chi connectivity index (χ2v) is 7.02. The van der Waals surface area contributed by atoms with E-state index < -0.39 is 32.7 Å². The van der Waals surface area contributed by atoms with Gasteiger partial charge in [0, 0.05) is 19.0 Å². The number of sulfonamides is 1. The third-order valence-electron chi connectivity index (χ3n) is 2.85. The number of rotatable bonds is 7. The summed E-state index contributed by atoms with van der Waals surface area (Å²) in [5, 5.41) is 8.35. The van der Waals surface area contributed by atoms with Crippen molar-refractivity contribution in [3.63, 3.8) is 0 Å². The Morgan fingerprint density at radius 3 is 2.57 bits per heavy atom. The average molecular weight is 338 g/mol. The molecule has 0 saturated carbocycles. The standard InChI is InChI=1S/C13H17ClFNO4S/c1-9(2)16(8-4-7-12(17)18)21(19,20)11-6-3-5-10(14)13(11)15/h3,5-6,9H,4,7-8H2,1-2H3,(H,17,18). The van der Waals surface area contributed by atoms with E-state index in [0.29, 0.717) is 0 Å². The van der Waals surface area contributed by atoms with Gasteiger partial charge in [-0.2, -0.15) is 4.31 Å². The number of nitrogens with zero attached hydrogens (tertiary/aromatic N) is 1. The third-order valence-corrected chi connectivity index (χ3v) is 5.23. The molecule has 0 fully saturated rings. The van der Waals surface area contributed by atoms with Crippen LogP contribution in [0.25, 0.3) is 0 Å². The lowest BCUT2D eigenvalue weighted by Gasteiger charge is -2.26. The lowest BCUT2D eigenvalue weighted by molar-refractivity contribution is -0.137. The van der Waals surface area contributed by atoms with Crippen molar-refractivity contribution in [2.24, 2.45) is 0 Å². The summed E-state index contributed by atoms with van der Waals surface area (Å²) in [5.74, 6) is -2.01. The first kappa shape index (κ1) is 17.9. The number of carboxylic acid groups (broad SMARTS) is 1. The van der Waals surface area contributed by atoms with Crippen LogP contribution in [-0.4, -0.2) is 36.4 Å². The molecule has 1 N–H and O–H groups in total. The van der Waals surface area contributed by atoms with Gasteiger partial charge in [-0.05, 0) is 32.4 Å². The summed E-state index contributed by atoms with van der Waals surface area (Å²) in [6.07, 6.45) is -0.00824. The number of aliphatic carboxylic acids is 1. The Labute approximate surface area is 128 Å². The summed E-state index contributed by atoms with van der Waals surface area (Å²) in [4.78, 5) is 10.0. The first-order valence-electron chi connectivity index (χ1n) is 6.35. The Balaban J connectivity index is 3.10. The van der Waals surface area contributed by atoms with E-state index in [1.807, 2.05) is 0 Å². The molecule has 118 valence electrons. The van der Waals surface area contributed by atoms with Gasteiger partial charge in [0.1, 0.15) is 4.90 Å². The second-order valence-electron chi connectivity index (χ2n) is 4.76. The Morgan fingerprint density at radius 2 is 2.05 bits per heavy atom. The average Bonchev–Trinajstić information content (AvgIpc) is 2.36. The van der Waals surface area contributed by atoms with Crippen molar-refractivity contribution in [2.75, 3.05) is 6.54 Å². The molecule has 8 heteroatoms. The molecule has 0 aliphatic heterocycles. The van der Waals surface area contributed by atoms with Crippen molar-refractivity contribution in [1.82, 2.24) is 4.31 Å². The third kappa shape index (κ3) is 4.39. The number of hydrogen-bond acceptors (Lipinski definition) is 3. The van der Waals surface area contributed by atoms with Gasteiger partial charge in [0.2, 0.25) is 10.0 Å². The van der Waals surface area contributed by atoms with Crippen molar-refractivity contribution in [3.8, 4) is 0 Å². The Bertz CT molecular complexity index is 619. The summed E-state index contributed by atoms with van der Waals surface area (Å²) >= 11 is 5.61. The van der Waals surface area contributed by atoms with Crippen LogP contribution < -0.4 is 0 Å². The molecule has 21 heavy (non-hydrogen) atoms. The van der Waals surface area contributed by atoms with E-state index in [4.69, 9.17) is 16.7 Å². The normalized spacial score (nSPS) is 12.1. The molecule has 0 spiro atoms. The number of carbonyl (C=O) groups is 1. The van der Waals surface area contributed by atoms with Crippen molar-refractivity contribution >= 4 is 27.6 Å². The Hall–Kier alpha value is -1.18. The maximum Gasteiger partial charge on any atom is 0.303 e. The van der Waals surface area contributed by atoms with Gasteiger partial charge in [-0.15, -0.1) is 0 Å². The van der Waals surface area contributed by atoms with Crippen LogP contribution in [0.5, 0.6) is 0 Å². The molecule has 0 aromatic heterocycles. The van der Waals surface area contributed by atoms with Crippen LogP contribution in [0.4, 0.5) is 4.39 Å². The highest BCUT2D eigenvalue weighted by Gasteiger charge is 2.30. The van der Waals surface area contributed by atoms with Gasteiger partial charge in [-0.1, -0.05) is 17.7 Å². The highest BCUT2D eigenvalue weighted by atomic mass is 35.5. The molecule has 0 aliphatic carbocycles. The molecular weight excluding hydrogens is 321 g/mol. The van der Waals surface area contributed by atoms with Gasteiger partial charge in [0.05, 0.1) is 5.02 Å². The van der Waals surface area contributed by atoms with Gasteiger partial charge in [0.25, 0.3) is 0 Å². The number of halogens is 2. The monoisotopic (exact) mass is 337 g/mol. The minimum atomic E-state index is -4.07. The van der Waals surface area contributed by atoms with Crippen LogP contribution in [0.15, 0.2) is 23.1 Å². The zero-order chi connectivity index (χ0) is 16.2. The zero-order valence-corrected chi connectivity index (χ0v) is 13.3. The summed E-state index contributed by atoms with van der Waals surface area (Å²) < 4.78 is 40.0. The highest BCUT2D eigenvalue weighted by molar-refractivity contribution is 7.89. The molecule has 0 unspecified atom stereocenters. The Kier molecular flexibility index (Phi) is 6.12. The minimum Gasteiger partial charge on any atom is -0.481 e.